The Morgan fingerprint density at radius 2 is 1.95 bits per heavy atom. The van der Waals surface area contributed by atoms with Gasteiger partial charge < -0.3 is 10.1 Å². The second-order valence-corrected chi connectivity index (χ2v) is 7.21. The zero-order valence-electron chi connectivity index (χ0n) is 14.5. The van der Waals surface area contributed by atoms with Crippen LogP contribution in [0.5, 0.6) is 0 Å². The summed E-state index contributed by atoms with van der Waals surface area (Å²) < 4.78 is 5.31. The summed E-state index contributed by atoms with van der Waals surface area (Å²) in [7, 11) is 1.80. The number of ether oxygens (including phenoxy) is 1. The van der Waals surface area contributed by atoms with Crippen molar-refractivity contribution in [3.8, 4) is 0 Å². The number of nitrogens with zero attached hydrogens (tertiary/aromatic N) is 1. The van der Waals surface area contributed by atoms with Gasteiger partial charge in [-0.2, -0.15) is 0 Å². The minimum absolute atomic E-state index is 0.284. The molecule has 1 rings (SSSR count). The maximum Gasteiger partial charge on any atom is 0.0589 e. The van der Waals surface area contributed by atoms with E-state index in [1.165, 1.54) is 19.3 Å². The molecule has 2 unspecified atom stereocenters. The largest absolute Gasteiger partial charge is 0.383 e. The molecule has 2 atom stereocenters. The number of methoxy groups -OCH3 is 1. The maximum absolute atomic E-state index is 5.31. The van der Waals surface area contributed by atoms with Gasteiger partial charge >= 0.3 is 0 Å². The Morgan fingerprint density at radius 3 is 2.45 bits per heavy atom. The average Bonchev–Trinajstić information content (AvgIpc) is 3.24. The molecule has 1 fully saturated rings. The van der Waals surface area contributed by atoms with Gasteiger partial charge in [-0.15, -0.1) is 0 Å². The predicted molar refractivity (Wildman–Crippen MR) is 87.2 cm³/mol. The van der Waals surface area contributed by atoms with Crippen molar-refractivity contribution in [2.45, 2.75) is 66.0 Å². The van der Waals surface area contributed by atoms with Gasteiger partial charge in [0, 0.05) is 32.3 Å². The number of hydrogen-bond acceptors (Lipinski definition) is 3. The van der Waals surface area contributed by atoms with Gasteiger partial charge in [-0.05, 0) is 51.0 Å². The van der Waals surface area contributed by atoms with Crippen molar-refractivity contribution >= 4 is 0 Å². The van der Waals surface area contributed by atoms with Crippen LogP contribution in [0.2, 0.25) is 0 Å². The molecule has 0 spiro atoms. The Bertz CT molecular complexity index is 264. The summed E-state index contributed by atoms with van der Waals surface area (Å²) >= 11 is 0. The Kier molecular flexibility index (Phi) is 7.49. The predicted octanol–water partition coefficient (Wildman–Crippen LogP) is 3.15. The fourth-order valence-electron chi connectivity index (χ4n) is 2.81. The van der Waals surface area contributed by atoms with Gasteiger partial charge in [0.25, 0.3) is 0 Å². The van der Waals surface area contributed by atoms with Crippen LogP contribution in [-0.2, 0) is 4.74 Å². The average molecular weight is 284 g/mol. The third kappa shape index (κ3) is 5.71. The van der Waals surface area contributed by atoms with Crippen LogP contribution in [0.4, 0.5) is 0 Å². The molecule has 0 bridgehead atoms. The van der Waals surface area contributed by atoms with Crippen LogP contribution < -0.4 is 5.32 Å². The molecule has 0 aromatic rings. The number of hydrogen-bond donors (Lipinski definition) is 1. The fraction of sp³-hybridized carbons (Fsp3) is 1.00. The summed E-state index contributed by atoms with van der Waals surface area (Å²) in [5, 5.41) is 3.66. The van der Waals surface area contributed by atoms with Crippen LogP contribution >= 0.6 is 0 Å². The Morgan fingerprint density at radius 1 is 1.30 bits per heavy atom. The molecule has 0 heterocycles. The topological polar surface area (TPSA) is 24.5 Å². The molecule has 0 aromatic heterocycles. The second kappa shape index (κ2) is 8.35. The molecule has 3 nitrogen and oxygen atoms in total. The van der Waals surface area contributed by atoms with Gasteiger partial charge in [0.2, 0.25) is 0 Å². The normalized spacial score (nSPS) is 19.4. The first kappa shape index (κ1) is 17.9. The number of rotatable bonds is 11. The Labute approximate surface area is 126 Å². The van der Waals surface area contributed by atoms with Gasteiger partial charge in [0.05, 0.1) is 6.61 Å². The van der Waals surface area contributed by atoms with Crippen LogP contribution in [-0.4, -0.2) is 50.3 Å². The molecule has 1 saturated carbocycles. The van der Waals surface area contributed by atoms with Gasteiger partial charge in [0.15, 0.2) is 0 Å². The molecular formula is C17H36N2O. The standard InChI is InChI=1S/C17H36N2O/c1-7-10-18-15(3)17(4,5)13-19(11-12-20-6)14(2)16-8-9-16/h14-16,18H,7-13H2,1-6H3. The highest BCUT2D eigenvalue weighted by atomic mass is 16.5. The van der Waals surface area contributed by atoms with E-state index in [9.17, 15) is 0 Å². The van der Waals surface area contributed by atoms with E-state index in [-0.39, 0.29) is 5.41 Å². The van der Waals surface area contributed by atoms with E-state index in [1.54, 1.807) is 7.11 Å². The molecule has 120 valence electrons. The first-order valence-electron chi connectivity index (χ1n) is 8.38. The van der Waals surface area contributed by atoms with Crippen molar-refractivity contribution in [1.82, 2.24) is 10.2 Å². The van der Waals surface area contributed by atoms with Gasteiger partial charge in [0.1, 0.15) is 0 Å². The van der Waals surface area contributed by atoms with Crippen LogP contribution in [0.1, 0.15) is 53.9 Å². The first-order chi connectivity index (χ1) is 9.42. The van der Waals surface area contributed by atoms with Crippen molar-refractivity contribution in [3.63, 3.8) is 0 Å². The smallest absolute Gasteiger partial charge is 0.0589 e. The lowest BCUT2D eigenvalue weighted by Crippen LogP contribution is -2.50. The van der Waals surface area contributed by atoms with Crippen LogP contribution in [0, 0.1) is 11.3 Å². The molecule has 20 heavy (non-hydrogen) atoms. The van der Waals surface area contributed by atoms with Crippen LogP contribution in [0.25, 0.3) is 0 Å². The SMILES string of the molecule is CCCNC(C)C(C)(C)CN(CCOC)C(C)C1CC1. The third-order valence-electron chi connectivity index (χ3n) is 4.95. The molecule has 0 aliphatic heterocycles. The summed E-state index contributed by atoms with van der Waals surface area (Å²) in [6.07, 6.45) is 4.02. The molecule has 0 amide bonds. The van der Waals surface area contributed by atoms with E-state index in [0.29, 0.717) is 12.1 Å². The highest BCUT2D eigenvalue weighted by Crippen LogP contribution is 2.36. The molecule has 0 aromatic carbocycles. The first-order valence-corrected chi connectivity index (χ1v) is 8.38. The third-order valence-corrected chi connectivity index (χ3v) is 4.95. The summed E-state index contributed by atoms with van der Waals surface area (Å²) in [6, 6.07) is 1.24. The van der Waals surface area contributed by atoms with Gasteiger partial charge in [-0.1, -0.05) is 20.8 Å². The van der Waals surface area contributed by atoms with E-state index >= 15 is 0 Å². The molecule has 1 aliphatic carbocycles. The molecular weight excluding hydrogens is 248 g/mol. The summed E-state index contributed by atoms with van der Waals surface area (Å²) in [6.45, 7) is 15.9. The fourth-order valence-corrected chi connectivity index (χ4v) is 2.81. The van der Waals surface area contributed by atoms with Crippen LogP contribution in [0.3, 0.4) is 0 Å². The highest BCUT2D eigenvalue weighted by molar-refractivity contribution is 4.90. The van der Waals surface area contributed by atoms with E-state index in [1.807, 2.05) is 0 Å². The number of nitrogens with one attached hydrogen (secondary N) is 1. The van der Waals surface area contributed by atoms with Crippen LogP contribution in [0.15, 0.2) is 0 Å². The van der Waals surface area contributed by atoms with E-state index in [0.717, 1.165) is 32.2 Å². The summed E-state index contributed by atoms with van der Waals surface area (Å²) in [5.41, 5.74) is 0.284. The lowest BCUT2D eigenvalue weighted by atomic mass is 9.84. The molecule has 1 aliphatic rings. The molecule has 3 heteroatoms. The van der Waals surface area contributed by atoms with Crippen molar-refractivity contribution in [3.05, 3.63) is 0 Å². The van der Waals surface area contributed by atoms with Crippen molar-refractivity contribution in [2.75, 3.05) is 33.4 Å². The lowest BCUT2D eigenvalue weighted by Gasteiger charge is -2.40. The second-order valence-electron chi connectivity index (χ2n) is 7.21. The lowest BCUT2D eigenvalue weighted by molar-refractivity contribution is 0.0708. The molecule has 1 N–H and O–H groups in total. The molecule has 0 saturated heterocycles. The minimum Gasteiger partial charge on any atom is -0.383 e. The minimum atomic E-state index is 0.284. The van der Waals surface area contributed by atoms with Crippen molar-refractivity contribution in [2.24, 2.45) is 11.3 Å². The Balaban J connectivity index is 2.56. The summed E-state index contributed by atoms with van der Waals surface area (Å²) in [5.74, 6) is 0.918. The van der Waals surface area contributed by atoms with Gasteiger partial charge in [-0.3, -0.25) is 4.90 Å². The highest BCUT2D eigenvalue weighted by Gasteiger charge is 2.35. The zero-order valence-corrected chi connectivity index (χ0v) is 14.5. The molecule has 0 radical (unpaired) electrons. The monoisotopic (exact) mass is 284 g/mol. The summed E-state index contributed by atoms with van der Waals surface area (Å²) in [4.78, 5) is 2.64. The van der Waals surface area contributed by atoms with Crippen molar-refractivity contribution < 1.29 is 4.74 Å². The van der Waals surface area contributed by atoms with Crippen molar-refractivity contribution in [1.29, 1.82) is 0 Å². The van der Waals surface area contributed by atoms with Gasteiger partial charge in [-0.25, -0.2) is 0 Å². The van der Waals surface area contributed by atoms with E-state index in [2.05, 4.69) is 44.8 Å². The van der Waals surface area contributed by atoms with E-state index < -0.39 is 0 Å². The Hall–Kier alpha value is -0.120. The maximum atomic E-state index is 5.31. The zero-order chi connectivity index (χ0) is 15.2. The van der Waals surface area contributed by atoms with E-state index in [4.69, 9.17) is 4.74 Å². The quantitative estimate of drug-likeness (QED) is 0.631.